The van der Waals surface area contributed by atoms with Gasteiger partial charge in [0.2, 0.25) is 0 Å². The van der Waals surface area contributed by atoms with E-state index in [4.69, 9.17) is 4.99 Å². The van der Waals surface area contributed by atoms with Gasteiger partial charge in [-0.2, -0.15) is 0 Å². The van der Waals surface area contributed by atoms with E-state index in [1.54, 1.807) is 12.1 Å². The molecule has 0 amide bonds. The Morgan fingerprint density at radius 2 is 1.59 bits per heavy atom. The summed E-state index contributed by atoms with van der Waals surface area (Å²) < 4.78 is 13.3. The number of rotatable bonds is 3. The fourth-order valence-corrected chi connectivity index (χ4v) is 4.73. The molecule has 0 saturated heterocycles. The van der Waals surface area contributed by atoms with Gasteiger partial charge in [-0.15, -0.1) is 0 Å². The number of non-ortho nitro benzene ring substituents is 1. The van der Waals surface area contributed by atoms with Crippen LogP contribution in [0, 0.1) is 10.1 Å². The van der Waals surface area contributed by atoms with Crippen LogP contribution in [0.5, 0.6) is 0 Å². The van der Waals surface area contributed by atoms with Gasteiger partial charge in [0.15, 0.2) is 0 Å². The van der Waals surface area contributed by atoms with Gasteiger partial charge < -0.3 is 0 Å². The number of para-hydroxylation sites is 1. The maximum absolute atomic E-state index is 13.3. The third-order valence-corrected chi connectivity index (χ3v) is 6.29. The maximum atomic E-state index is 13.3. The first-order valence-electron chi connectivity index (χ1n) is 8.50. The molecule has 134 valence electrons. The minimum atomic E-state index is -1.25. The summed E-state index contributed by atoms with van der Waals surface area (Å²) in [4.78, 5) is 16.0. The molecule has 2 atom stereocenters. The van der Waals surface area contributed by atoms with Crippen LogP contribution in [0.1, 0.15) is 22.8 Å². The molecule has 3 aromatic carbocycles. The lowest BCUT2D eigenvalue weighted by atomic mass is 10.0. The number of nitro benzene ring substituents is 1. The first-order valence-corrected chi connectivity index (χ1v) is 9.72. The van der Waals surface area contributed by atoms with Gasteiger partial charge in [-0.3, -0.25) is 19.3 Å². The van der Waals surface area contributed by atoms with Crippen molar-refractivity contribution < 1.29 is 9.13 Å². The molecule has 0 radical (unpaired) electrons. The number of nitrogens with zero attached hydrogens (tertiary/aromatic N) is 2. The molecule has 0 saturated carbocycles. The van der Waals surface area contributed by atoms with Crippen LogP contribution < -0.4 is 0 Å². The molecule has 27 heavy (non-hydrogen) atoms. The van der Waals surface area contributed by atoms with E-state index < -0.39 is 15.7 Å². The van der Waals surface area contributed by atoms with Crippen LogP contribution in [0.3, 0.4) is 0 Å². The van der Waals surface area contributed by atoms with Crippen LogP contribution in [0.4, 0.5) is 11.4 Å². The van der Waals surface area contributed by atoms with Crippen LogP contribution in [-0.4, -0.2) is 14.8 Å². The van der Waals surface area contributed by atoms with E-state index in [0.717, 1.165) is 16.8 Å². The molecule has 0 fully saturated rings. The van der Waals surface area contributed by atoms with Crippen molar-refractivity contribution in [1.82, 2.24) is 0 Å². The van der Waals surface area contributed by atoms with E-state index in [0.29, 0.717) is 17.0 Å². The molecule has 4 rings (SSSR count). The lowest BCUT2D eigenvalue weighted by molar-refractivity contribution is -0.384. The Bertz CT molecular complexity index is 1050. The number of aliphatic imine (C=N–C) groups is 1. The molecule has 1 aliphatic heterocycles. The van der Waals surface area contributed by atoms with Crippen LogP contribution in [0.25, 0.3) is 0 Å². The summed E-state index contributed by atoms with van der Waals surface area (Å²) in [7, 11) is -1.25. The highest BCUT2D eigenvalue weighted by Crippen LogP contribution is 2.38. The van der Waals surface area contributed by atoms with Crippen LogP contribution in [0.2, 0.25) is 0 Å². The van der Waals surface area contributed by atoms with E-state index in [2.05, 4.69) is 0 Å². The highest BCUT2D eigenvalue weighted by molar-refractivity contribution is 7.85. The summed E-state index contributed by atoms with van der Waals surface area (Å²) in [5.74, 6) is 0. The maximum Gasteiger partial charge on any atom is 0.269 e. The predicted molar refractivity (Wildman–Crippen MR) is 106 cm³/mol. The quantitative estimate of drug-likeness (QED) is 0.479. The minimum Gasteiger partial charge on any atom is -0.258 e. The van der Waals surface area contributed by atoms with Gasteiger partial charge in [-0.1, -0.05) is 42.5 Å². The van der Waals surface area contributed by atoms with Crippen molar-refractivity contribution >= 4 is 27.9 Å². The van der Waals surface area contributed by atoms with Gasteiger partial charge in [0.25, 0.3) is 5.69 Å². The Hall–Kier alpha value is -3.12. The van der Waals surface area contributed by atoms with Gasteiger partial charge >= 0.3 is 0 Å². The third kappa shape index (κ3) is 3.44. The average Bonchev–Trinajstić information content (AvgIpc) is 2.86. The number of hydrogen-bond donors (Lipinski definition) is 0. The highest BCUT2D eigenvalue weighted by Gasteiger charge is 2.28. The zero-order valence-corrected chi connectivity index (χ0v) is 15.1. The summed E-state index contributed by atoms with van der Waals surface area (Å²) in [6.07, 6.45) is 0.489. The molecule has 5 nitrogen and oxygen atoms in total. The summed E-state index contributed by atoms with van der Waals surface area (Å²) >= 11 is 0. The van der Waals surface area contributed by atoms with Gasteiger partial charge in [0.05, 0.1) is 31.6 Å². The van der Waals surface area contributed by atoms with Crippen LogP contribution in [-0.2, 0) is 10.8 Å². The van der Waals surface area contributed by atoms with Crippen molar-refractivity contribution in [2.75, 3.05) is 0 Å². The van der Waals surface area contributed by atoms with Crippen molar-refractivity contribution in [3.63, 3.8) is 0 Å². The molecule has 0 N–H and O–H groups in total. The Kier molecular flexibility index (Phi) is 4.64. The van der Waals surface area contributed by atoms with Crippen molar-refractivity contribution in [2.45, 2.75) is 16.6 Å². The summed E-state index contributed by atoms with van der Waals surface area (Å²) in [6, 6.07) is 23.6. The normalized spacial score (nSPS) is 18.9. The zero-order valence-electron chi connectivity index (χ0n) is 14.3. The molecule has 0 aliphatic carbocycles. The predicted octanol–water partition coefficient (Wildman–Crippen LogP) is 4.97. The molecule has 3 aromatic rings. The molecular formula is C21H16N2O3S. The Morgan fingerprint density at radius 1 is 0.926 bits per heavy atom. The van der Waals surface area contributed by atoms with E-state index in [1.807, 2.05) is 54.6 Å². The minimum absolute atomic E-state index is 0.0385. The number of nitro groups is 1. The summed E-state index contributed by atoms with van der Waals surface area (Å²) in [5.41, 5.74) is 3.29. The summed E-state index contributed by atoms with van der Waals surface area (Å²) in [5, 5.41) is 10.7. The fourth-order valence-electron chi connectivity index (χ4n) is 3.18. The SMILES string of the molecule is O=[N+]([O-])c1ccc(C2=Nc3ccccc3[S@](=O)[C@H](c3ccccc3)C2)cc1. The molecule has 1 heterocycles. The van der Waals surface area contributed by atoms with Crippen molar-refractivity contribution in [3.05, 3.63) is 100 Å². The molecule has 0 bridgehead atoms. The second-order valence-corrected chi connectivity index (χ2v) is 7.83. The van der Waals surface area contributed by atoms with Gasteiger partial charge in [-0.05, 0) is 35.4 Å². The van der Waals surface area contributed by atoms with Crippen molar-refractivity contribution in [1.29, 1.82) is 0 Å². The second kappa shape index (κ2) is 7.25. The smallest absolute Gasteiger partial charge is 0.258 e. The first kappa shape index (κ1) is 17.3. The number of fused-ring (bicyclic) bond motifs is 1. The van der Waals surface area contributed by atoms with E-state index in [1.165, 1.54) is 12.1 Å². The lowest BCUT2D eigenvalue weighted by Gasteiger charge is -2.16. The zero-order chi connectivity index (χ0) is 18.8. The van der Waals surface area contributed by atoms with E-state index in [9.17, 15) is 14.3 Å². The van der Waals surface area contributed by atoms with Gasteiger partial charge in [0.1, 0.15) is 0 Å². The van der Waals surface area contributed by atoms with E-state index in [-0.39, 0.29) is 10.9 Å². The number of benzene rings is 3. The Balaban J connectivity index is 1.82. The fraction of sp³-hybridized carbons (Fsp3) is 0.0952. The van der Waals surface area contributed by atoms with E-state index >= 15 is 0 Å². The Labute approximate surface area is 159 Å². The summed E-state index contributed by atoms with van der Waals surface area (Å²) in [6.45, 7) is 0. The molecule has 6 heteroatoms. The second-order valence-electron chi connectivity index (χ2n) is 6.23. The van der Waals surface area contributed by atoms with Crippen LogP contribution in [0.15, 0.2) is 88.8 Å². The molecule has 0 aromatic heterocycles. The van der Waals surface area contributed by atoms with Gasteiger partial charge in [0, 0.05) is 24.3 Å². The molecular weight excluding hydrogens is 360 g/mol. The van der Waals surface area contributed by atoms with Crippen molar-refractivity contribution in [3.8, 4) is 0 Å². The largest absolute Gasteiger partial charge is 0.269 e. The molecule has 0 unspecified atom stereocenters. The van der Waals surface area contributed by atoms with Gasteiger partial charge in [-0.25, -0.2) is 0 Å². The van der Waals surface area contributed by atoms with Crippen LogP contribution >= 0.6 is 0 Å². The molecule has 1 aliphatic rings. The monoisotopic (exact) mass is 376 g/mol. The van der Waals surface area contributed by atoms with Crippen molar-refractivity contribution in [2.24, 2.45) is 4.99 Å². The molecule has 0 spiro atoms. The number of hydrogen-bond acceptors (Lipinski definition) is 4. The lowest BCUT2D eigenvalue weighted by Crippen LogP contribution is -2.11. The Morgan fingerprint density at radius 3 is 2.30 bits per heavy atom. The first-order chi connectivity index (χ1) is 13.1. The average molecular weight is 376 g/mol. The topological polar surface area (TPSA) is 72.6 Å². The highest BCUT2D eigenvalue weighted by atomic mass is 32.2. The standard InChI is InChI=1S/C21H16N2O3S/c24-23(25)17-12-10-15(11-13-17)19-14-21(16-6-2-1-3-7-16)27(26)20-9-5-4-8-18(20)22-19/h1-13,21H,14H2/t21-,27-/m0/s1. The third-order valence-electron chi connectivity index (χ3n) is 4.56.